The first-order valence-electron chi connectivity index (χ1n) is 5.46. The number of rotatable bonds is 6. The second-order valence-electron chi connectivity index (χ2n) is 4.16. The zero-order chi connectivity index (χ0) is 10.4. The molecule has 0 fully saturated rings. The van der Waals surface area contributed by atoms with Gasteiger partial charge in [0.2, 0.25) is 0 Å². The smallest absolute Gasteiger partial charge is 0.0216 e. The lowest BCUT2D eigenvalue weighted by Gasteiger charge is -2.17. The maximum absolute atomic E-state index is 3.56. The van der Waals surface area contributed by atoms with E-state index < -0.39 is 0 Å². The van der Waals surface area contributed by atoms with Gasteiger partial charge in [-0.05, 0) is 41.7 Å². The summed E-state index contributed by atoms with van der Waals surface area (Å²) in [6, 6.07) is 2.82. The summed E-state index contributed by atoms with van der Waals surface area (Å²) in [5, 5.41) is 7.90. The van der Waals surface area contributed by atoms with E-state index >= 15 is 0 Å². The zero-order valence-electron chi connectivity index (χ0n) is 9.42. The van der Waals surface area contributed by atoms with Gasteiger partial charge in [0.15, 0.2) is 0 Å². The van der Waals surface area contributed by atoms with Gasteiger partial charge in [-0.25, -0.2) is 0 Å². The summed E-state index contributed by atoms with van der Waals surface area (Å²) >= 11 is 1.77. The van der Waals surface area contributed by atoms with Gasteiger partial charge in [-0.2, -0.15) is 11.3 Å². The van der Waals surface area contributed by atoms with Crippen LogP contribution in [0.4, 0.5) is 0 Å². The van der Waals surface area contributed by atoms with E-state index in [2.05, 4.69) is 42.9 Å². The number of hydrogen-bond acceptors (Lipinski definition) is 2. The first-order valence-corrected chi connectivity index (χ1v) is 6.41. The topological polar surface area (TPSA) is 12.0 Å². The minimum atomic E-state index is 0.629. The molecule has 1 aromatic heterocycles. The molecular weight excluding hydrogens is 190 g/mol. The molecule has 0 saturated carbocycles. The van der Waals surface area contributed by atoms with Crippen LogP contribution in [0, 0.1) is 5.92 Å². The molecule has 2 heteroatoms. The molecule has 0 bridgehead atoms. The van der Waals surface area contributed by atoms with Crippen LogP contribution in [-0.2, 0) is 6.54 Å². The Hall–Kier alpha value is -0.340. The molecule has 0 radical (unpaired) electrons. The van der Waals surface area contributed by atoms with Gasteiger partial charge in [0.05, 0.1) is 0 Å². The van der Waals surface area contributed by atoms with E-state index in [1.807, 2.05) is 0 Å². The molecule has 1 N–H and O–H groups in total. The lowest BCUT2D eigenvalue weighted by atomic mass is 10.0. The summed E-state index contributed by atoms with van der Waals surface area (Å²) in [5.74, 6) is 0.833. The SMILES string of the molecule is CCC(C)CC(C)NCc1ccsc1. The number of thiophene rings is 1. The molecule has 0 saturated heterocycles. The van der Waals surface area contributed by atoms with Gasteiger partial charge in [-0.3, -0.25) is 0 Å². The van der Waals surface area contributed by atoms with Crippen molar-refractivity contribution in [3.63, 3.8) is 0 Å². The van der Waals surface area contributed by atoms with E-state index in [9.17, 15) is 0 Å². The lowest BCUT2D eigenvalue weighted by molar-refractivity contribution is 0.412. The fraction of sp³-hybridized carbons (Fsp3) is 0.667. The van der Waals surface area contributed by atoms with Crippen molar-refractivity contribution in [3.8, 4) is 0 Å². The Morgan fingerprint density at radius 2 is 2.21 bits per heavy atom. The predicted molar refractivity (Wildman–Crippen MR) is 64.7 cm³/mol. The molecule has 2 atom stereocenters. The van der Waals surface area contributed by atoms with Gasteiger partial charge in [0.1, 0.15) is 0 Å². The van der Waals surface area contributed by atoms with E-state index in [0.717, 1.165) is 12.5 Å². The highest BCUT2D eigenvalue weighted by Gasteiger charge is 2.06. The molecule has 80 valence electrons. The van der Waals surface area contributed by atoms with Gasteiger partial charge in [-0.1, -0.05) is 20.3 Å². The molecule has 0 aliphatic carbocycles. The van der Waals surface area contributed by atoms with Gasteiger partial charge in [0, 0.05) is 12.6 Å². The molecule has 14 heavy (non-hydrogen) atoms. The Morgan fingerprint density at radius 1 is 1.43 bits per heavy atom. The maximum atomic E-state index is 3.56. The minimum Gasteiger partial charge on any atom is -0.310 e. The largest absolute Gasteiger partial charge is 0.310 e. The third kappa shape index (κ3) is 4.25. The average Bonchev–Trinajstić information content (AvgIpc) is 2.67. The molecular formula is C12H21NS. The van der Waals surface area contributed by atoms with Crippen molar-refractivity contribution in [3.05, 3.63) is 22.4 Å². The van der Waals surface area contributed by atoms with E-state index in [-0.39, 0.29) is 0 Å². The van der Waals surface area contributed by atoms with Crippen LogP contribution in [0.2, 0.25) is 0 Å². The van der Waals surface area contributed by atoms with Crippen LogP contribution in [0.3, 0.4) is 0 Å². The lowest BCUT2D eigenvalue weighted by Crippen LogP contribution is -2.27. The van der Waals surface area contributed by atoms with Crippen molar-refractivity contribution >= 4 is 11.3 Å². The molecule has 0 aliphatic heterocycles. The number of nitrogens with one attached hydrogen (secondary N) is 1. The van der Waals surface area contributed by atoms with Crippen LogP contribution in [0.15, 0.2) is 16.8 Å². The third-order valence-corrected chi connectivity index (χ3v) is 3.42. The Morgan fingerprint density at radius 3 is 2.79 bits per heavy atom. The monoisotopic (exact) mass is 211 g/mol. The molecule has 0 aliphatic rings. The van der Waals surface area contributed by atoms with E-state index in [4.69, 9.17) is 0 Å². The summed E-state index contributed by atoms with van der Waals surface area (Å²) < 4.78 is 0. The second-order valence-corrected chi connectivity index (χ2v) is 4.94. The fourth-order valence-corrected chi connectivity index (χ4v) is 2.21. The third-order valence-electron chi connectivity index (χ3n) is 2.69. The van der Waals surface area contributed by atoms with Crippen molar-refractivity contribution in [2.45, 2.75) is 46.2 Å². The minimum absolute atomic E-state index is 0.629. The van der Waals surface area contributed by atoms with Crippen LogP contribution in [0.5, 0.6) is 0 Å². The Bertz CT molecular complexity index is 230. The van der Waals surface area contributed by atoms with E-state index in [1.165, 1.54) is 18.4 Å². The van der Waals surface area contributed by atoms with E-state index in [1.54, 1.807) is 11.3 Å². The molecule has 2 unspecified atom stereocenters. The van der Waals surface area contributed by atoms with Crippen molar-refractivity contribution in [2.24, 2.45) is 5.92 Å². The average molecular weight is 211 g/mol. The number of hydrogen-bond donors (Lipinski definition) is 1. The first-order chi connectivity index (χ1) is 6.72. The molecule has 1 aromatic rings. The highest BCUT2D eigenvalue weighted by atomic mass is 32.1. The van der Waals surface area contributed by atoms with E-state index in [0.29, 0.717) is 6.04 Å². The normalized spacial score (nSPS) is 15.4. The van der Waals surface area contributed by atoms with Gasteiger partial charge in [-0.15, -0.1) is 0 Å². The highest BCUT2D eigenvalue weighted by Crippen LogP contribution is 2.11. The zero-order valence-corrected chi connectivity index (χ0v) is 10.2. The first kappa shape index (κ1) is 11.7. The van der Waals surface area contributed by atoms with Crippen molar-refractivity contribution in [1.29, 1.82) is 0 Å². The Labute approximate surface area is 91.5 Å². The standard InChI is InChI=1S/C12H21NS/c1-4-10(2)7-11(3)13-8-12-5-6-14-9-12/h5-6,9-11,13H,4,7-8H2,1-3H3. The van der Waals surface area contributed by atoms with Crippen LogP contribution in [0.25, 0.3) is 0 Å². The van der Waals surface area contributed by atoms with Crippen molar-refractivity contribution < 1.29 is 0 Å². The Kier molecular flexibility index (Phi) is 5.20. The Balaban J connectivity index is 2.18. The van der Waals surface area contributed by atoms with Crippen molar-refractivity contribution in [1.82, 2.24) is 5.32 Å². The molecule has 0 spiro atoms. The second kappa shape index (κ2) is 6.20. The highest BCUT2D eigenvalue weighted by molar-refractivity contribution is 7.07. The summed E-state index contributed by atoms with van der Waals surface area (Å²) in [5.41, 5.74) is 1.41. The summed E-state index contributed by atoms with van der Waals surface area (Å²) in [6.45, 7) is 7.87. The molecule has 1 nitrogen and oxygen atoms in total. The van der Waals surface area contributed by atoms with Crippen LogP contribution in [0.1, 0.15) is 39.2 Å². The van der Waals surface area contributed by atoms with Gasteiger partial charge >= 0.3 is 0 Å². The predicted octanol–water partition coefficient (Wildman–Crippen LogP) is 3.66. The van der Waals surface area contributed by atoms with Crippen molar-refractivity contribution in [2.75, 3.05) is 0 Å². The summed E-state index contributed by atoms with van der Waals surface area (Å²) in [7, 11) is 0. The van der Waals surface area contributed by atoms with Crippen LogP contribution in [-0.4, -0.2) is 6.04 Å². The van der Waals surface area contributed by atoms with Gasteiger partial charge in [0.25, 0.3) is 0 Å². The quantitative estimate of drug-likeness (QED) is 0.757. The van der Waals surface area contributed by atoms with Gasteiger partial charge < -0.3 is 5.32 Å². The molecule has 1 rings (SSSR count). The molecule has 0 aromatic carbocycles. The summed E-state index contributed by atoms with van der Waals surface area (Å²) in [4.78, 5) is 0. The molecule has 1 heterocycles. The maximum Gasteiger partial charge on any atom is 0.0216 e. The van der Waals surface area contributed by atoms with Crippen LogP contribution < -0.4 is 5.32 Å². The fourth-order valence-electron chi connectivity index (χ4n) is 1.54. The summed E-state index contributed by atoms with van der Waals surface area (Å²) in [6.07, 6.45) is 2.56. The van der Waals surface area contributed by atoms with Crippen LogP contribution >= 0.6 is 11.3 Å². The molecule has 0 amide bonds.